The summed E-state index contributed by atoms with van der Waals surface area (Å²) in [6.45, 7) is 6.54. The molecule has 170 valence electrons. The van der Waals surface area contributed by atoms with Gasteiger partial charge in [0.2, 0.25) is 0 Å². The lowest BCUT2D eigenvalue weighted by molar-refractivity contribution is 0.101. The van der Waals surface area contributed by atoms with Crippen LogP contribution in [0.1, 0.15) is 36.8 Å². The van der Waals surface area contributed by atoms with Crippen molar-refractivity contribution < 1.29 is 9.53 Å². The van der Waals surface area contributed by atoms with E-state index >= 15 is 0 Å². The van der Waals surface area contributed by atoms with Gasteiger partial charge in [-0.3, -0.25) is 9.36 Å². The standard InChI is InChI=1S/C25H25ClN4O2S/c1-25(2,3)17-9-7-16(8-10-17)23-28-29-24(33-15-21(31)20-6-5-13-27-20)30(23)18-11-12-22(32-4)19(26)14-18/h5-14,27H,15H2,1-4H3. The van der Waals surface area contributed by atoms with Crippen molar-refractivity contribution in [3.8, 4) is 22.8 Å². The van der Waals surface area contributed by atoms with E-state index in [9.17, 15) is 4.79 Å². The second-order valence-corrected chi connectivity index (χ2v) is 9.93. The fourth-order valence-corrected chi connectivity index (χ4v) is 4.50. The van der Waals surface area contributed by atoms with Gasteiger partial charge in [0, 0.05) is 11.8 Å². The predicted molar refractivity (Wildman–Crippen MR) is 133 cm³/mol. The molecule has 0 saturated heterocycles. The van der Waals surface area contributed by atoms with Crippen LogP contribution >= 0.6 is 23.4 Å². The van der Waals surface area contributed by atoms with E-state index in [1.807, 2.05) is 34.9 Å². The normalized spacial score (nSPS) is 11.5. The molecule has 0 unspecified atom stereocenters. The first-order chi connectivity index (χ1) is 15.8. The minimum atomic E-state index is -0.0107. The average Bonchev–Trinajstić information content (AvgIpc) is 3.47. The van der Waals surface area contributed by atoms with E-state index in [0.29, 0.717) is 27.4 Å². The second-order valence-electron chi connectivity index (χ2n) is 8.58. The van der Waals surface area contributed by atoms with Gasteiger partial charge in [0.05, 0.1) is 29.3 Å². The van der Waals surface area contributed by atoms with Crippen molar-refractivity contribution in [2.45, 2.75) is 31.3 Å². The number of H-pyrrole nitrogens is 1. The van der Waals surface area contributed by atoms with Crippen LogP contribution in [-0.4, -0.2) is 38.4 Å². The molecular formula is C25H25ClN4O2S. The quantitative estimate of drug-likeness (QED) is 0.252. The summed E-state index contributed by atoms with van der Waals surface area (Å²) in [5, 5.41) is 9.96. The lowest BCUT2D eigenvalue weighted by Crippen LogP contribution is -2.10. The molecule has 1 N–H and O–H groups in total. The summed E-state index contributed by atoms with van der Waals surface area (Å²) < 4.78 is 7.22. The van der Waals surface area contributed by atoms with Gasteiger partial charge in [-0.05, 0) is 41.3 Å². The van der Waals surface area contributed by atoms with Crippen LogP contribution in [0.2, 0.25) is 5.02 Å². The molecule has 0 atom stereocenters. The number of hydrogen-bond donors (Lipinski definition) is 1. The zero-order valence-electron chi connectivity index (χ0n) is 18.9. The van der Waals surface area contributed by atoms with Crippen LogP contribution in [0.4, 0.5) is 0 Å². The van der Waals surface area contributed by atoms with Gasteiger partial charge in [0.25, 0.3) is 0 Å². The Morgan fingerprint density at radius 3 is 2.48 bits per heavy atom. The third-order valence-corrected chi connectivity index (χ3v) is 6.49. The number of halogens is 1. The molecule has 0 aliphatic heterocycles. The number of Topliss-reactive ketones (excluding diaryl/α,β-unsaturated/α-hetero) is 1. The maximum absolute atomic E-state index is 12.5. The van der Waals surface area contributed by atoms with Crippen molar-refractivity contribution in [1.29, 1.82) is 0 Å². The molecular weight excluding hydrogens is 456 g/mol. The van der Waals surface area contributed by atoms with Crippen molar-refractivity contribution in [2.24, 2.45) is 0 Å². The lowest BCUT2D eigenvalue weighted by Gasteiger charge is -2.19. The average molecular weight is 481 g/mol. The van der Waals surface area contributed by atoms with Crippen LogP contribution in [0.5, 0.6) is 5.75 Å². The van der Waals surface area contributed by atoms with Gasteiger partial charge in [0.15, 0.2) is 16.8 Å². The molecule has 2 aromatic carbocycles. The van der Waals surface area contributed by atoms with Crippen molar-refractivity contribution >= 4 is 29.1 Å². The number of rotatable bonds is 7. The fraction of sp³-hybridized carbons (Fsp3) is 0.240. The minimum Gasteiger partial charge on any atom is -0.495 e. The highest BCUT2D eigenvalue weighted by molar-refractivity contribution is 7.99. The Hall–Kier alpha value is -3.03. The molecule has 33 heavy (non-hydrogen) atoms. The number of aromatic nitrogens is 4. The molecule has 0 spiro atoms. The maximum Gasteiger partial charge on any atom is 0.196 e. The third kappa shape index (κ3) is 4.99. The Kier molecular flexibility index (Phi) is 6.63. The summed E-state index contributed by atoms with van der Waals surface area (Å²) in [6, 6.07) is 17.4. The van der Waals surface area contributed by atoms with Gasteiger partial charge in [-0.1, -0.05) is 68.4 Å². The molecule has 0 amide bonds. The zero-order valence-corrected chi connectivity index (χ0v) is 20.5. The largest absolute Gasteiger partial charge is 0.495 e. The van der Waals surface area contributed by atoms with Gasteiger partial charge in [-0.15, -0.1) is 10.2 Å². The van der Waals surface area contributed by atoms with E-state index < -0.39 is 0 Å². The van der Waals surface area contributed by atoms with E-state index in [4.69, 9.17) is 16.3 Å². The number of ether oxygens (including phenoxy) is 1. The van der Waals surface area contributed by atoms with Gasteiger partial charge >= 0.3 is 0 Å². The number of carbonyl (C=O) groups is 1. The summed E-state index contributed by atoms with van der Waals surface area (Å²) >= 11 is 7.75. The first kappa shape index (κ1) is 23.1. The predicted octanol–water partition coefficient (Wildman–Crippen LogP) is 6.20. The smallest absolute Gasteiger partial charge is 0.196 e. The number of aromatic amines is 1. The Bertz CT molecular complexity index is 1260. The number of methoxy groups -OCH3 is 1. The fourth-order valence-electron chi connectivity index (χ4n) is 3.41. The van der Waals surface area contributed by atoms with Crippen molar-refractivity contribution in [1.82, 2.24) is 19.7 Å². The molecule has 0 saturated carbocycles. The number of nitrogens with one attached hydrogen (secondary N) is 1. The van der Waals surface area contributed by atoms with Gasteiger partial charge in [-0.2, -0.15) is 0 Å². The van der Waals surface area contributed by atoms with Crippen LogP contribution in [0.25, 0.3) is 17.1 Å². The highest BCUT2D eigenvalue weighted by Gasteiger charge is 2.20. The minimum absolute atomic E-state index is 0.0107. The first-order valence-electron chi connectivity index (χ1n) is 10.5. The summed E-state index contributed by atoms with van der Waals surface area (Å²) in [4.78, 5) is 15.5. The maximum atomic E-state index is 12.5. The number of nitrogens with zero attached hydrogens (tertiary/aromatic N) is 3. The van der Waals surface area contributed by atoms with E-state index in [0.717, 1.165) is 11.3 Å². The lowest BCUT2D eigenvalue weighted by atomic mass is 9.87. The highest BCUT2D eigenvalue weighted by Crippen LogP contribution is 2.33. The Morgan fingerprint density at radius 1 is 1.12 bits per heavy atom. The highest BCUT2D eigenvalue weighted by atomic mass is 35.5. The number of thioether (sulfide) groups is 1. The molecule has 6 nitrogen and oxygen atoms in total. The molecule has 4 aromatic rings. The van der Waals surface area contributed by atoms with Crippen molar-refractivity contribution in [3.05, 3.63) is 77.1 Å². The SMILES string of the molecule is COc1ccc(-n2c(SCC(=O)c3ccc[nH]3)nnc2-c2ccc(C(C)(C)C)cc2)cc1Cl. The number of ketones is 1. The van der Waals surface area contributed by atoms with Crippen molar-refractivity contribution in [2.75, 3.05) is 12.9 Å². The van der Waals surface area contributed by atoms with Gasteiger partial charge in [0.1, 0.15) is 5.75 Å². The topological polar surface area (TPSA) is 72.8 Å². The molecule has 2 heterocycles. The Labute approximate surface area is 202 Å². The molecule has 0 aliphatic carbocycles. The zero-order chi connectivity index (χ0) is 23.6. The molecule has 2 aromatic heterocycles. The van der Waals surface area contributed by atoms with Crippen LogP contribution < -0.4 is 4.74 Å². The van der Waals surface area contributed by atoms with Crippen LogP contribution in [0.3, 0.4) is 0 Å². The Morgan fingerprint density at radius 2 is 1.88 bits per heavy atom. The summed E-state index contributed by atoms with van der Waals surface area (Å²) in [6.07, 6.45) is 1.74. The third-order valence-electron chi connectivity index (χ3n) is 5.27. The summed E-state index contributed by atoms with van der Waals surface area (Å²) in [5.74, 6) is 1.47. The number of carbonyl (C=O) groups excluding carboxylic acids is 1. The molecule has 4 rings (SSSR count). The monoisotopic (exact) mass is 480 g/mol. The van der Waals surface area contributed by atoms with Crippen LogP contribution in [0, 0.1) is 0 Å². The van der Waals surface area contributed by atoms with Gasteiger partial charge < -0.3 is 9.72 Å². The van der Waals surface area contributed by atoms with Crippen LogP contribution in [-0.2, 0) is 5.41 Å². The number of benzene rings is 2. The summed E-state index contributed by atoms with van der Waals surface area (Å²) in [5.41, 5.74) is 3.56. The molecule has 0 fully saturated rings. The van der Waals surface area contributed by atoms with E-state index in [1.165, 1.54) is 17.3 Å². The van der Waals surface area contributed by atoms with Crippen molar-refractivity contribution in [3.63, 3.8) is 0 Å². The molecule has 0 radical (unpaired) electrons. The molecule has 0 aliphatic rings. The van der Waals surface area contributed by atoms with Gasteiger partial charge in [-0.25, -0.2) is 0 Å². The van der Waals surface area contributed by atoms with E-state index in [-0.39, 0.29) is 17.0 Å². The van der Waals surface area contributed by atoms with E-state index in [2.05, 4.69) is 48.1 Å². The van der Waals surface area contributed by atoms with Crippen LogP contribution in [0.15, 0.2) is 66.0 Å². The first-order valence-corrected chi connectivity index (χ1v) is 11.8. The molecule has 0 bridgehead atoms. The number of hydrogen-bond acceptors (Lipinski definition) is 5. The summed E-state index contributed by atoms with van der Waals surface area (Å²) in [7, 11) is 1.58. The second kappa shape index (κ2) is 9.45. The van der Waals surface area contributed by atoms with E-state index in [1.54, 1.807) is 25.4 Å². The molecule has 8 heteroatoms. The Balaban J connectivity index is 1.73.